The molecule has 6 rings (SSSR count). The molecule has 3 aromatic carbocycles. The first-order valence-corrected chi connectivity index (χ1v) is 11.3. The van der Waals surface area contributed by atoms with Gasteiger partial charge in [0.05, 0.1) is 18.8 Å². The van der Waals surface area contributed by atoms with Gasteiger partial charge in [0.15, 0.2) is 6.10 Å². The monoisotopic (exact) mass is 454 g/mol. The molecule has 0 radical (unpaired) electrons. The molecule has 3 fully saturated rings. The van der Waals surface area contributed by atoms with E-state index in [-0.39, 0.29) is 0 Å². The van der Waals surface area contributed by atoms with Crippen LogP contribution in [0.25, 0.3) is 0 Å². The predicted octanol–water partition coefficient (Wildman–Crippen LogP) is 0.314. The molecule has 34 heavy (non-hydrogen) atoms. The van der Waals surface area contributed by atoms with Crippen molar-refractivity contribution in [2.45, 2.75) is 24.4 Å². The molecule has 3 aliphatic rings. The average Bonchev–Trinajstić information content (AvgIpc) is 3.64. The summed E-state index contributed by atoms with van der Waals surface area (Å²) in [6.07, 6.45) is -2.72. The largest absolute Gasteiger partial charge is 0.565 e. The summed E-state index contributed by atoms with van der Waals surface area (Å²) in [5.41, 5.74) is 2.53. The molecule has 3 heterocycles. The molecular weight excluding hydrogens is 433 g/mol. The van der Waals surface area contributed by atoms with Crippen molar-refractivity contribution < 1.29 is 32.7 Å². The maximum absolute atomic E-state index is 12.9. The van der Waals surface area contributed by atoms with E-state index in [1.807, 2.05) is 91.0 Å². The normalized spacial score (nSPS) is 26.8. The van der Waals surface area contributed by atoms with Gasteiger partial charge in [-0.2, -0.15) is 0 Å². The maximum Gasteiger partial charge on any atom is 0.565 e. The molecule has 3 aliphatic heterocycles. The first kappa shape index (κ1) is 21.6. The van der Waals surface area contributed by atoms with Crippen LogP contribution in [0.4, 0.5) is 0 Å². The number of hydrogen-bond donors (Lipinski definition) is 0. The third-order valence-corrected chi connectivity index (χ3v) is 6.20. The Morgan fingerprint density at radius 3 is 1.74 bits per heavy atom. The van der Waals surface area contributed by atoms with Crippen LogP contribution in [0.2, 0.25) is 0 Å². The maximum atomic E-state index is 12.9. The quantitative estimate of drug-likeness (QED) is 0.515. The Labute approximate surface area is 198 Å². The summed E-state index contributed by atoms with van der Waals surface area (Å²) in [5.74, 6) is -0.486. The molecule has 7 nitrogen and oxygen atoms in total. The van der Waals surface area contributed by atoms with Crippen molar-refractivity contribution in [2.24, 2.45) is 0 Å². The van der Waals surface area contributed by atoms with Crippen LogP contribution in [-0.2, 0) is 32.7 Å². The summed E-state index contributed by atoms with van der Waals surface area (Å²) >= 11 is 0. The van der Waals surface area contributed by atoms with Crippen molar-refractivity contribution in [2.75, 3.05) is 6.61 Å². The molecule has 0 saturated carbocycles. The third-order valence-electron chi connectivity index (χ3n) is 6.20. The lowest BCUT2D eigenvalue weighted by Crippen LogP contribution is -2.47. The minimum Gasteiger partial charge on any atom is -0.504 e. The average molecular weight is 454 g/mol. The summed E-state index contributed by atoms with van der Waals surface area (Å²) < 4.78 is 36.3. The van der Waals surface area contributed by atoms with E-state index in [9.17, 15) is 4.79 Å². The fourth-order valence-corrected chi connectivity index (χ4v) is 4.52. The van der Waals surface area contributed by atoms with Crippen LogP contribution in [0, 0.1) is 0 Å². The fraction of sp³-hybridized carbons (Fsp3) is 0.208. The van der Waals surface area contributed by atoms with Gasteiger partial charge in [0, 0.05) is 0 Å². The first-order valence-electron chi connectivity index (χ1n) is 11.3. The lowest BCUT2D eigenvalue weighted by molar-refractivity contribution is -0.140. The molecule has 3 saturated heterocycles. The van der Waals surface area contributed by atoms with Gasteiger partial charge < -0.3 is 27.9 Å². The van der Waals surface area contributed by atoms with Crippen LogP contribution in [0.3, 0.4) is 0 Å². The highest BCUT2D eigenvalue weighted by atomic mass is 16.7. The molecule has 0 N–H and O–H groups in total. The Hall–Kier alpha value is -2.88. The Kier molecular flexibility index (Phi) is 5.99. The third kappa shape index (κ3) is 4.19. The summed E-state index contributed by atoms with van der Waals surface area (Å²) in [4.78, 5) is 12.9. The Bertz CT molecular complexity index is 1120. The Balaban J connectivity index is 1.25. The highest BCUT2D eigenvalue weighted by Gasteiger charge is 2.56. The number of rotatable bonds is 5. The lowest BCUT2D eigenvalue weighted by Gasteiger charge is -2.25. The molecule has 4 atom stereocenters. The van der Waals surface area contributed by atoms with Crippen molar-refractivity contribution in [3.63, 3.8) is 0 Å². The zero-order chi connectivity index (χ0) is 22.9. The van der Waals surface area contributed by atoms with Crippen molar-refractivity contribution in [3.8, 4) is 0 Å². The number of benzene rings is 3. The molecule has 0 aliphatic carbocycles. The molecule has 3 aromatic rings. The van der Waals surface area contributed by atoms with Gasteiger partial charge in [-0.3, -0.25) is 4.79 Å². The van der Waals surface area contributed by atoms with Gasteiger partial charge in [-0.05, 0) is 16.4 Å². The summed E-state index contributed by atoms with van der Waals surface area (Å²) in [7, 11) is -1.97. The van der Waals surface area contributed by atoms with E-state index in [0.29, 0.717) is 6.61 Å². The van der Waals surface area contributed by atoms with Crippen LogP contribution < -0.4 is 16.4 Å². The molecule has 0 amide bonds. The van der Waals surface area contributed by atoms with E-state index in [4.69, 9.17) is 27.9 Å². The van der Waals surface area contributed by atoms with E-state index in [0.717, 1.165) is 16.4 Å². The second kappa shape index (κ2) is 9.41. The van der Waals surface area contributed by atoms with Gasteiger partial charge in [0.1, 0.15) is 6.10 Å². The zero-order valence-corrected chi connectivity index (χ0v) is 18.3. The highest BCUT2D eigenvalue weighted by molar-refractivity contribution is 6.64. The topological polar surface area (TPSA) is 72.5 Å². The molecule has 168 valence electrons. The Morgan fingerprint density at radius 1 is 0.588 bits per heavy atom. The van der Waals surface area contributed by atoms with Crippen LogP contribution in [0.1, 0.15) is 0 Å². The van der Waals surface area contributed by atoms with Crippen LogP contribution in [-0.4, -0.2) is 58.3 Å². The minimum atomic E-state index is -0.955. The standard InChI is InChI=1S/C24H21B3O7/c28-24-23(33-27(34-24)19-14-8-3-9-15-19)22-21(31-26(32-22)18-12-6-2-7-13-18)20-16-29-25(30-20)17-10-4-1-5-11-17/h1-15,20-23H,16H2. The van der Waals surface area contributed by atoms with Gasteiger partial charge in [-0.1, -0.05) is 91.0 Å². The van der Waals surface area contributed by atoms with E-state index in [2.05, 4.69) is 0 Å². The minimum absolute atomic E-state index is 0.301. The van der Waals surface area contributed by atoms with Gasteiger partial charge in [0.25, 0.3) is 0 Å². The summed E-state index contributed by atoms with van der Waals surface area (Å²) in [6, 6.07) is 28.7. The number of carbonyl (C=O) groups excluding carboxylic acids is 1. The smallest absolute Gasteiger partial charge is 0.504 e. The van der Waals surface area contributed by atoms with Gasteiger partial charge in [-0.25, -0.2) is 0 Å². The lowest BCUT2D eigenvalue weighted by atomic mass is 9.79. The molecule has 10 heteroatoms. The number of carbonyl (C=O) groups is 1. The van der Waals surface area contributed by atoms with Gasteiger partial charge in [-0.15, -0.1) is 0 Å². The second-order valence-corrected chi connectivity index (χ2v) is 8.43. The van der Waals surface area contributed by atoms with Crippen molar-refractivity contribution in [3.05, 3.63) is 91.0 Å². The summed E-state index contributed by atoms with van der Waals surface area (Å²) in [5, 5.41) is 0. The van der Waals surface area contributed by atoms with Crippen molar-refractivity contribution >= 4 is 43.7 Å². The second-order valence-electron chi connectivity index (χ2n) is 8.43. The molecular formula is C24H21B3O7. The Morgan fingerprint density at radius 2 is 1.12 bits per heavy atom. The van der Waals surface area contributed by atoms with Crippen molar-refractivity contribution in [1.82, 2.24) is 0 Å². The van der Waals surface area contributed by atoms with Crippen molar-refractivity contribution in [1.29, 1.82) is 0 Å². The van der Waals surface area contributed by atoms with Crippen LogP contribution >= 0.6 is 0 Å². The van der Waals surface area contributed by atoms with Gasteiger partial charge in [0.2, 0.25) is 0 Å². The number of hydrogen-bond acceptors (Lipinski definition) is 7. The fourth-order valence-electron chi connectivity index (χ4n) is 4.52. The van der Waals surface area contributed by atoms with Crippen LogP contribution in [0.5, 0.6) is 0 Å². The molecule has 4 unspecified atom stereocenters. The van der Waals surface area contributed by atoms with E-state index in [1.165, 1.54) is 0 Å². The predicted molar refractivity (Wildman–Crippen MR) is 127 cm³/mol. The SMILES string of the molecule is O=C1OB(c2ccccc2)OC1C1OB(c2ccccc2)OC1C1COB(c2ccccc2)O1. The molecule has 0 spiro atoms. The van der Waals surface area contributed by atoms with E-state index in [1.54, 1.807) is 0 Å². The van der Waals surface area contributed by atoms with E-state index < -0.39 is 51.7 Å². The van der Waals surface area contributed by atoms with Crippen LogP contribution in [0.15, 0.2) is 91.0 Å². The molecule has 0 aromatic heterocycles. The molecule has 0 bridgehead atoms. The van der Waals surface area contributed by atoms with Gasteiger partial charge >= 0.3 is 27.3 Å². The highest BCUT2D eigenvalue weighted by Crippen LogP contribution is 2.31. The summed E-state index contributed by atoms with van der Waals surface area (Å²) in [6.45, 7) is 0.301. The zero-order valence-electron chi connectivity index (χ0n) is 18.3. The first-order chi connectivity index (χ1) is 16.8. The van der Waals surface area contributed by atoms with E-state index >= 15 is 0 Å².